The van der Waals surface area contributed by atoms with Crippen LogP contribution in [0.25, 0.3) is 0 Å². The standard InChI is InChI=1S/C10H11N3O5/c11-8(15)4-13(5-9(16)17)10(18)6-1-7(14)3-12-2-6/h1-3,14H,4-5H2,(H2,11,15)(H,16,17). The van der Waals surface area contributed by atoms with Gasteiger partial charge in [0.1, 0.15) is 18.8 Å². The van der Waals surface area contributed by atoms with E-state index in [9.17, 15) is 14.4 Å². The van der Waals surface area contributed by atoms with Crippen molar-refractivity contribution in [3.63, 3.8) is 0 Å². The van der Waals surface area contributed by atoms with Crippen LogP contribution in [-0.4, -0.2) is 51.0 Å². The van der Waals surface area contributed by atoms with Crippen LogP contribution in [0.5, 0.6) is 5.75 Å². The predicted molar refractivity (Wildman–Crippen MR) is 58.6 cm³/mol. The van der Waals surface area contributed by atoms with Crippen molar-refractivity contribution in [2.75, 3.05) is 13.1 Å². The zero-order valence-corrected chi connectivity index (χ0v) is 9.24. The van der Waals surface area contributed by atoms with Crippen LogP contribution in [0.4, 0.5) is 0 Å². The largest absolute Gasteiger partial charge is 0.506 e. The zero-order valence-electron chi connectivity index (χ0n) is 9.24. The van der Waals surface area contributed by atoms with Crippen LogP contribution in [-0.2, 0) is 9.59 Å². The molecule has 96 valence electrons. The molecule has 0 aliphatic carbocycles. The molecule has 0 atom stereocenters. The molecule has 1 aromatic heterocycles. The van der Waals surface area contributed by atoms with Gasteiger partial charge in [0.15, 0.2) is 0 Å². The summed E-state index contributed by atoms with van der Waals surface area (Å²) in [4.78, 5) is 37.6. The Labute approximate surface area is 102 Å². The molecule has 0 saturated carbocycles. The highest BCUT2D eigenvalue weighted by atomic mass is 16.4. The molecule has 0 aliphatic rings. The Morgan fingerprint density at radius 1 is 1.28 bits per heavy atom. The van der Waals surface area contributed by atoms with Crippen LogP contribution >= 0.6 is 0 Å². The van der Waals surface area contributed by atoms with Gasteiger partial charge in [-0.15, -0.1) is 0 Å². The summed E-state index contributed by atoms with van der Waals surface area (Å²) in [5.74, 6) is -3.11. The number of pyridine rings is 1. The number of nitrogens with zero attached hydrogens (tertiary/aromatic N) is 2. The van der Waals surface area contributed by atoms with Crippen molar-refractivity contribution in [1.29, 1.82) is 0 Å². The molecule has 8 nitrogen and oxygen atoms in total. The Balaban J connectivity index is 2.94. The van der Waals surface area contributed by atoms with Crippen molar-refractivity contribution >= 4 is 17.8 Å². The third-order valence-electron chi connectivity index (χ3n) is 1.93. The molecular weight excluding hydrogens is 242 g/mol. The van der Waals surface area contributed by atoms with E-state index >= 15 is 0 Å². The first-order chi connectivity index (χ1) is 8.40. The van der Waals surface area contributed by atoms with Crippen LogP contribution < -0.4 is 5.73 Å². The number of aromatic hydroxyl groups is 1. The lowest BCUT2D eigenvalue weighted by Gasteiger charge is -2.18. The minimum Gasteiger partial charge on any atom is -0.506 e. The highest BCUT2D eigenvalue weighted by molar-refractivity contribution is 5.97. The summed E-state index contributed by atoms with van der Waals surface area (Å²) in [6.45, 7) is -1.20. The van der Waals surface area contributed by atoms with Gasteiger partial charge in [0.25, 0.3) is 5.91 Å². The summed E-state index contributed by atoms with van der Waals surface area (Å²) >= 11 is 0. The predicted octanol–water partition coefficient (Wildman–Crippen LogP) is -1.20. The van der Waals surface area contributed by atoms with Gasteiger partial charge in [-0.2, -0.15) is 0 Å². The number of carbonyl (C=O) groups is 3. The first-order valence-electron chi connectivity index (χ1n) is 4.83. The molecule has 0 bridgehead atoms. The van der Waals surface area contributed by atoms with Gasteiger partial charge in [0.2, 0.25) is 5.91 Å². The number of carboxylic acid groups (broad SMARTS) is 1. The third kappa shape index (κ3) is 3.74. The Morgan fingerprint density at radius 3 is 2.44 bits per heavy atom. The average Bonchev–Trinajstić information content (AvgIpc) is 2.26. The maximum absolute atomic E-state index is 11.9. The Kier molecular flexibility index (Phi) is 4.19. The lowest BCUT2D eigenvalue weighted by atomic mass is 10.2. The SMILES string of the molecule is NC(=O)CN(CC(=O)O)C(=O)c1cncc(O)c1. The Morgan fingerprint density at radius 2 is 1.94 bits per heavy atom. The second kappa shape index (κ2) is 5.62. The minimum atomic E-state index is -1.28. The van der Waals surface area contributed by atoms with Gasteiger partial charge in [-0.25, -0.2) is 0 Å². The highest BCUT2D eigenvalue weighted by Crippen LogP contribution is 2.10. The summed E-state index contributed by atoms with van der Waals surface area (Å²) in [5, 5.41) is 17.8. The van der Waals surface area contributed by atoms with Crippen molar-refractivity contribution in [1.82, 2.24) is 9.88 Å². The van der Waals surface area contributed by atoms with E-state index in [0.717, 1.165) is 23.4 Å². The number of hydrogen-bond acceptors (Lipinski definition) is 5. The third-order valence-corrected chi connectivity index (χ3v) is 1.93. The summed E-state index contributed by atoms with van der Waals surface area (Å²) in [6, 6.07) is 1.12. The van der Waals surface area contributed by atoms with E-state index < -0.39 is 30.9 Å². The summed E-state index contributed by atoms with van der Waals surface area (Å²) < 4.78 is 0. The fraction of sp³-hybridized carbons (Fsp3) is 0.200. The van der Waals surface area contributed by atoms with Gasteiger partial charge in [0, 0.05) is 6.20 Å². The van der Waals surface area contributed by atoms with Crippen molar-refractivity contribution in [2.45, 2.75) is 0 Å². The number of carboxylic acids is 1. The fourth-order valence-corrected chi connectivity index (χ4v) is 1.28. The van der Waals surface area contributed by atoms with Gasteiger partial charge < -0.3 is 20.8 Å². The van der Waals surface area contributed by atoms with E-state index in [1.165, 1.54) is 0 Å². The highest BCUT2D eigenvalue weighted by Gasteiger charge is 2.20. The maximum Gasteiger partial charge on any atom is 0.323 e. The van der Waals surface area contributed by atoms with Crippen molar-refractivity contribution in [3.8, 4) is 5.75 Å². The monoisotopic (exact) mass is 253 g/mol. The topological polar surface area (TPSA) is 134 Å². The number of aromatic nitrogens is 1. The van der Waals surface area contributed by atoms with Crippen LogP contribution in [0.2, 0.25) is 0 Å². The molecule has 0 fully saturated rings. The average molecular weight is 253 g/mol. The molecule has 8 heteroatoms. The quantitative estimate of drug-likeness (QED) is 0.603. The van der Waals surface area contributed by atoms with Crippen molar-refractivity contribution < 1.29 is 24.6 Å². The first kappa shape index (κ1) is 13.4. The van der Waals surface area contributed by atoms with E-state index in [0.29, 0.717) is 0 Å². The molecule has 1 heterocycles. The van der Waals surface area contributed by atoms with E-state index in [4.69, 9.17) is 15.9 Å². The number of hydrogen-bond donors (Lipinski definition) is 3. The smallest absolute Gasteiger partial charge is 0.323 e. The number of carbonyl (C=O) groups excluding carboxylic acids is 2. The summed E-state index contributed by atoms with van der Waals surface area (Å²) in [7, 11) is 0. The number of rotatable bonds is 5. The lowest BCUT2D eigenvalue weighted by Crippen LogP contribution is -2.41. The molecule has 0 unspecified atom stereocenters. The van der Waals surface area contributed by atoms with Crippen LogP contribution in [0, 0.1) is 0 Å². The molecule has 0 aliphatic heterocycles. The van der Waals surface area contributed by atoms with E-state index in [1.54, 1.807) is 0 Å². The molecule has 0 radical (unpaired) electrons. The molecular formula is C10H11N3O5. The number of amides is 2. The normalized spacial score (nSPS) is 9.78. The van der Waals surface area contributed by atoms with Gasteiger partial charge >= 0.3 is 5.97 Å². The van der Waals surface area contributed by atoms with E-state index in [-0.39, 0.29) is 11.3 Å². The summed E-state index contributed by atoms with van der Waals surface area (Å²) in [6.07, 6.45) is 2.27. The number of nitrogens with two attached hydrogens (primary N) is 1. The molecule has 0 spiro atoms. The molecule has 2 amide bonds. The zero-order chi connectivity index (χ0) is 13.7. The van der Waals surface area contributed by atoms with Gasteiger partial charge in [-0.1, -0.05) is 0 Å². The molecule has 4 N–H and O–H groups in total. The molecule has 1 aromatic rings. The molecule has 0 saturated heterocycles. The molecule has 1 rings (SSSR count). The molecule has 0 aromatic carbocycles. The van der Waals surface area contributed by atoms with Gasteiger partial charge in [-0.05, 0) is 6.07 Å². The van der Waals surface area contributed by atoms with Gasteiger partial charge in [-0.3, -0.25) is 19.4 Å². The van der Waals surface area contributed by atoms with E-state index in [2.05, 4.69) is 4.98 Å². The summed E-state index contributed by atoms with van der Waals surface area (Å²) in [5.41, 5.74) is 4.89. The van der Waals surface area contributed by atoms with Crippen molar-refractivity contribution in [3.05, 3.63) is 24.0 Å². The number of aliphatic carboxylic acids is 1. The van der Waals surface area contributed by atoms with Crippen LogP contribution in [0.15, 0.2) is 18.5 Å². The van der Waals surface area contributed by atoms with Gasteiger partial charge in [0.05, 0.1) is 11.8 Å². The van der Waals surface area contributed by atoms with Crippen molar-refractivity contribution in [2.24, 2.45) is 5.73 Å². The Hall–Kier alpha value is -2.64. The molecule has 18 heavy (non-hydrogen) atoms. The van der Waals surface area contributed by atoms with Crippen LogP contribution in [0.1, 0.15) is 10.4 Å². The first-order valence-corrected chi connectivity index (χ1v) is 4.83. The minimum absolute atomic E-state index is 0.0301. The van der Waals surface area contributed by atoms with E-state index in [1.807, 2.05) is 0 Å². The Bertz CT molecular complexity index is 472. The fourth-order valence-electron chi connectivity index (χ4n) is 1.28. The van der Waals surface area contributed by atoms with Crippen LogP contribution in [0.3, 0.4) is 0 Å². The maximum atomic E-state index is 11.9. The second-order valence-electron chi connectivity index (χ2n) is 3.45. The lowest BCUT2D eigenvalue weighted by molar-refractivity contribution is -0.138. The number of primary amides is 1. The second-order valence-corrected chi connectivity index (χ2v) is 3.45.